The Morgan fingerprint density at radius 1 is 1.22 bits per heavy atom. The smallest absolute Gasteiger partial charge is 0.281 e. The molecule has 0 aliphatic carbocycles. The van der Waals surface area contributed by atoms with Crippen LogP contribution in [0.2, 0.25) is 10.0 Å². The third kappa shape index (κ3) is 3.81. The Morgan fingerprint density at radius 3 is 2.59 bits per heavy atom. The standard InChI is InChI=1S/C19H14Cl2N2O3S/c1-4-7-23-14-9-15(25-2)16(26-3)10-17(14)27-19(23)22-18(24)12-8-11(20)5-6-13(12)21/h1,5-6,8-10H,7H2,2-3H3. The van der Waals surface area contributed by atoms with E-state index >= 15 is 0 Å². The van der Waals surface area contributed by atoms with Crippen LogP contribution in [-0.4, -0.2) is 24.7 Å². The fraction of sp³-hybridized carbons (Fsp3) is 0.158. The van der Waals surface area contributed by atoms with Gasteiger partial charge in [-0.2, -0.15) is 4.99 Å². The summed E-state index contributed by atoms with van der Waals surface area (Å²) in [5.74, 6) is 3.22. The number of nitrogens with zero attached hydrogens (tertiary/aromatic N) is 2. The van der Waals surface area contributed by atoms with Crippen molar-refractivity contribution in [3.8, 4) is 23.8 Å². The van der Waals surface area contributed by atoms with Gasteiger partial charge in [-0.1, -0.05) is 40.5 Å². The molecular weight excluding hydrogens is 407 g/mol. The van der Waals surface area contributed by atoms with E-state index in [1.807, 2.05) is 6.07 Å². The molecule has 0 unspecified atom stereocenters. The zero-order chi connectivity index (χ0) is 19.6. The molecule has 1 heterocycles. The SMILES string of the molecule is C#CCn1c(=NC(=O)c2cc(Cl)ccc2Cl)sc2cc(OC)c(OC)cc21. The van der Waals surface area contributed by atoms with Gasteiger partial charge >= 0.3 is 0 Å². The van der Waals surface area contributed by atoms with Crippen LogP contribution in [0.5, 0.6) is 11.5 Å². The minimum absolute atomic E-state index is 0.226. The Labute approximate surface area is 169 Å². The fourth-order valence-electron chi connectivity index (χ4n) is 2.53. The number of fused-ring (bicyclic) bond motifs is 1. The van der Waals surface area contributed by atoms with Gasteiger partial charge in [0.25, 0.3) is 5.91 Å². The van der Waals surface area contributed by atoms with E-state index in [1.54, 1.807) is 37.0 Å². The maximum absolute atomic E-state index is 12.6. The summed E-state index contributed by atoms with van der Waals surface area (Å²) in [7, 11) is 3.11. The molecule has 0 radical (unpaired) electrons. The number of rotatable bonds is 4. The molecule has 138 valence electrons. The highest BCUT2D eigenvalue weighted by molar-refractivity contribution is 7.16. The second-order valence-corrected chi connectivity index (χ2v) is 7.24. The van der Waals surface area contributed by atoms with Gasteiger partial charge in [-0.05, 0) is 18.2 Å². The van der Waals surface area contributed by atoms with E-state index in [9.17, 15) is 4.79 Å². The fourth-order valence-corrected chi connectivity index (χ4v) is 3.94. The number of hydrogen-bond acceptors (Lipinski definition) is 4. The molecule has 0 saturated heterocycles. The first-order chi connectivity index (χ1) is 13.0. The van der Waals surface area contributed by atoms with Crippen molar-refractivity contribution in [1.29, 1.82) is 0 Å². The van der Waals surface area contributed by atoms with Gasteiger partial charge < -0.3 is 14.0 Å². The third-order valence-electron chi connectivity index (χ3n) is 3.79. The Hall–Kier alpha value is -2.46. The topological polar surface area (TPSA) is 52.8 Å². The summed E-state index contributed by atoms with van der Waals surface area (Å²) >= 11 is 13.4. The van der Waals surface area contributed by atoms with Crippen LogP contribution in [0.1, 0.15) is 10.4 Å². The molecule has 2 aromatic carbocycles. The van der Waals surface area contributed by atoms with Crippen LogP contribution in [0.15, 0.2) is 35.3 Å². The van der Waals surface area contributed by atoms with E-state index in [4.69, 9.17) is 39.1 Å². The number of thiazole rings is 1. The Bertz CT molecular complexity index is 1140. The Morgan fingerprint density at radius 2 is 1.93 bits per heavy atom. The lowest BCUT2D eigenvalue weighted by atomic mass is 10.2. The van der Waals surface area contributed by atoms with Crippen molar-refractivity contribution >= 4 is 50.7 Å². The van der Waals surface area contributed by atoms with Gasteiger partial charge in [0, 0.05) is 17.2 Å². The number of terminal acetylenes is 1. The molecule has 0 saturated carbocycles. The second-order valence-electron chi connectivity index (χ2n) is 5.39. The molecule has 1 amide bonds. The lowest BCUT2D eigenvalue weighted by Crippen LogP contribution is -2.16. The van der Waals surface area contributed by atoms with Crippen molar-refractivity contribution in [3.63, 3.8) is 0 Å². The molecule has 27 heavy (non-hydrogen) atoms. The number of aromatic nitrogens is 1. The summed E-state index contributed by atoms with van der Waals surface area (Å²) in [6.45, 7) is 0.241. The lowest BCUT2D eigenvalue weighted by molar-refractivity contribution is 0.0998. The molecule has 0 spiro atoms. The van der Waals surface area contributed by atoms with Crippen LogP contribution >= 0.6 is 34.5 Å². The van der Waals surface area contributed by atoms with Gasteiger partial charge in [0.1, 0.15) is 0 Å². The minimum atomic E-state index is -0.501. The summed E-state index contributed by atoms with van der Waals surface area (Å²) in [4.78, 5) is 17.3. The molecule has 0 bridgehead atoms. The number of carbonyl (C=O) groups is 1. The van der Waals surface area contributed by atoms with Gasteiger partial charge in [-0.25, -0.2) is 0 Å². The zero-order valence-electron chi connectivity index (χ0n) is 14.5. The molecule has 5 nitrogen and oxygen atoms in total. The highest BCUT2D eigenvalue weighted by atomic mass is 35.5. The van der Waals surface area contributed by atoms with Crippen molar-refractivity contribution in [2.45, 2.75) is 6.54 Å². The molecule has 3 rings (SSSR count). The number of amides is 1. The number of ether oxygens (including phenoxy) is 2. The molecule has 8 heteroatoms. The average molecular weight is 421 g/mol. The predicted octanol–water partition coefficient (Wildman–Crippen LogP) is 4.40. The quantitative estimate of drug-likeness (QED) is 0.587. The Kier molecular flexibility index (Phi) is 5.76. The number of benzene rings is 2. The number of carbonyl (C=O) groups excluding carboxylic acids is 1. The molecule has 0 atom stereocenters. The highest BCUT2D eigenvalue weighted by Crippen LogP contribution is 2.33. The van der Waals surface area contributed by atoms with Gasteiger partial charge in [-0.15, -0.1) is 6.42 Å². The first kappa shape index (κ1) is 19.3. The maximum atomic E-state index is 12.6. The Balaban J connectivity index is 2.22. The van der Waals surface area contributed by atoms with Gasteiger partial charge in [-0.3, -0.25) is 4.79 Å². The molecular formula is C19H14Cl2N2O3S. The lowest BCUT2D eigenvalue weighted by Gasteiger charge is -2.08. The highest BCUT2D eigenvalue weighted by Gasteiger charge is 2.15. The van der Waals surface area contributed by atoms with Crippen molar-refractivity contribution < 1.29 is 14.3 Å². The van der Waals surface area contributed by atoms with Crippen LogP contribution in [-0.2, 0) is 6.54 Å². The maximum Gasteiger partial charge on any atom is 0.281 e. The van der Waals surface area contributed by atoms with Crippen molar-refractivity contribution in [3.05, 3.63) is 50.7 Å². The van der Waals surface area contributed by atoms with Crippen molar-refractivity contribution in [2.75, 3.05) is 14.2 Å². The first-order valence-corrected chi connectivity index (χ1v) is 9.28. The largest absolute Gasteiger partial charge is 0.493 e. The van der Waals surface area contributed by atoms with E-state index < -0.39 is 5.91 Å². The number of methoxy groups -OCH3 is 2. The third-order valence-corrected chi connectivity index (χ3v) is 5.40. The van der Waals surface area contributed by atoms with Crippen LogP contribution in [0.3, 0.4) is 0 Å². The van der Waals surface area contributed by atoms with Gasteiger partial charge in [0.15, 0.2) is 16.3 Å². The molecule has 0 aliphatic heterocycles. The summed E-state index contributed by atoms with van der Waals surface area (Å²) < 4.78 is 13.3. The summed E-state index contributed by atoms with van der Waals surface area (Å²) in [5, 5.41) is 0.682. The minimum Gasteiger partial charge on any atom is -0.493 e. The van der Waals surface area contributed by atoms with E-state index in [0.717, 1.165) is 10.2 Å². The molecule has 0 aliphatic rings. The molecule has 0 N–H and O–H groups in total. The van der Waals surface area contributed by atoms with Crippen molar-refractivity contribution in [2.24, 2.45) is 4.99 Å². The zero-order valence-corrected chi connectivity index (χ0v) is 16.8. The molecule has 1 aromatic heterocycles. The van der Waals surface area contributed by atoms with Crippen LogP contribution in [0, 0.1) is 12.3 Å². The van der Waals surface area contributed by atoms with Gasteiger partial charge in [0.05, 0.1) is 41.6 Å². The molecule has 0 fully saturated rings. The normalized spacial score (nSPS) is 11.4. The van der Waals surface area contributed by atoms with E-state index in [-0.39, 0.29) is 17.1 Å². The van der Waals surface area contributed by atoms with Crippen LogP contribution in [0.25, 0.3) is 10.2 Å². The van der Waals surface area contributed by atoms with E-state index in [1.165, 1.54) is 17.4 Å². The monoisotopic (exact) mass is 420 g/mol. The number of halogens is 2. The van der Waals surface area contributed by atoms with E-state index in [0.29, 0.717) is 21.3 Å². The second kappa shape index (κ2) is 8.05. The van der Waals surface area contributed by atoms with Crippen LogP contribution in [0.4, 0.5) is 0 Å². The predicted molar refractivity (Wildman–Crippen MR) is 108 cm³/mol. The van der Waals surface area contributed by atoms with Gasteiger partial charge in [0.2, 0.25) is 0 Å². The van der Waals surface area contributed by atoms with E-state index in [2.05, 4.69) is 10.9 Å². The number of hydrogen-bond donors (Lipinski definition) is 0. The van der Waals surface area contributed by atoms with Crippen molar-refractivity contribution in [1.82, 2.24) is 4.57 Å². The summed E-state index contributed by atoms with van der Waals surface area (Å²) in [5.41, 5.74) is 1.02. The van der Waals surface area contributed by atoms with Crippen LogP contribution < -0.4 is 14.3 Å². The summed E-state index contributed by atoms with van der Waals surface area (Å²) in [6.07, 6.45) is 5.50. The summed E-state index contributed by atoms with van der Waals surface area (Å²) in [6, 6.07) is 8.28. The average Bonchev–Trinajstić information content (AvgIpc) is 2.98. The first-order valence-electron chi connectivity index (χ1n) is 7.71. The molecule has 3 aromatic rings.